The van der Waals surface area contributed by atoms with E-state index >= 15 is 0 Å². The molecular weight excluding hydrogens is 1460 g/mol. The van der Waals surface area contributed by atoms with Crippen molar-refractivity contribution in [3.8, 4) is 33.5 Å². The first kappa shape index (κ1) is 63.4. The zero-order valence-corrected chi connectivity index (χ0v) is 48.7. The molecule has 0 bridgehead atoms. The molecule has 74 heavy (non-hydrogen) atoms. The number of nitrogens with zero attached hydrogens (tertiary/aromatic N) is 3. The second-order valence-corrected chi connectivity index (χ2v) is 15.7. The predicted octanol–water partition coefficient (Wildman–Crippen LogP) is 12.9. The molecule has 9 nitrogen and oxygen atoms in total. The van der Waals surface area contributed by atoms with Crippen LogP contribution in [0.4, 0.5) is 0 Å². The third-order valence-corrected chi connectivity index (χ3v) is 9.75. The van der Waals surface area contributed by atoms with Gasteiger partial charge in [-0.1, -0.05) is 89.9 Å². The Hall–Kier alpha value is -6.74. The number of aliphatic hydroxyl groups is 2. The Morgan fingerprint density at radius 3 is 1.57 bits per heavy atom. The van der Waals surface area contributed by atoms with Crippen molar-refractivity contribution in [1.29, 1.82) is 0 Å². The minimum atomic E-state index is -0.125. The van der Waals surface area contributed by atoms with Gasteiger partial charge in [-0.05, 0) is 45.5 Å². The summed E-state index contributed by atoms with van der Waals surface area (Å²) in [5, 5.41) is 16.7. The standard InChI is InChI=1S/C19H14.C13H10NO.C11H8N.C9H8NO.2C5H8O2.3Ir/c1-15-14-18(16-8-4-2-5-9-16)12-13-19(15)17-10-6-3-7-11-17;1-2-6-10(7-3-1)13-14-11-8-4-5-9-12(11)15-13;1-2-6-10(7-3-1)11-8-4-5-9-12-11;1-2-4-8(5-3-1)9-10-6-7-11-9;2*1-4(6)3-5(2)7;;;/h2-8,10-11,13-14H,1H3;1-6,8-9,11-12H;1-6,8-9H;1-4H,6-7H2;2*3,6H,1-2H3;;;/q-2;3*-1;;;;;+3. The van der Waals surface area contributed by atoms with Crippen LogP contribution in [-0.4, -0.2) is 63.9 Å². The molecule has 2 atom stereocenters. The molecule has 2 unspecified atom stereocenters. The van der Waals surface area contributed by atoms with Crippen LogP contribution in [0.2, 0.25) is 0 Å². The number of fused-ring (bicyclic) bond motifs is 1. The number of carbonyl (C=O) groups is 2. The number of hydrogen-bond donors (Lipinski definition) is 2. The fraction of sp³-hybridized carbons (Fsp3) is 0.145. The van der Waals surface area contributed by atoms with Crippen molar-refractivity contribution >= 4 is 23.4 Å². The molecule has 0 spiro atoms. The van der Waals surface area contributed by atoms with Gasteiger partial charge in [0.05, 0.1) is 24.7 Å². The number of aliphatic hydroxyl groups excluding tert-OH is 2. The number of ketones is 2. The van der Waals surface area contributed by atoms with Gasteiger partial charge in [0, 0.05) is 58.6 Å². The molecule has 2 N–H and O–H groups in total. The van der Waals surface area contributed by atoms with Crippen LogP contribution in [0.5, 0.6) is 0 Å². The molecule has 2 aliphatic heterocycles. The topological polar surface area (TPSA) is 131 Å². The largest absolute Gasteiger partial charge is 3.00 e. The summed E-state index contributed by atoms with van der Waals surface area (Å²) in [6.07, 6.45) is 12.3. The van der Waals surface area contributed by atoms with Gasteiger partial charge in [-0.25, -0.2) is 11.1 Å². The predicted molar refractivity (Wildman–Crippen MR) is 284 cm³/mol. The van der Waals surface area contributed by atoms with Crippen LogP contribution in [0.1, 0.15) is 44.4 Å². The molecule has 6 aromatic carbocycles. The van der Waals surface area contributed by atoms with Crippen molar-refractivity contribution in [1.82, 2.24) is 4.98 Å². The number of aryl methyl sites for hydroxylation is 1. The van der Waals surface area contributed by atoms with Gasteiger partial charge >= 0.3 is 20.1 Å². The number of rotatable bonds is 7. The van der Waals surface area contributed by atoms with E-state index in [0.717, 1.165) is 46.0 Å². The van der Waals surface area contributed by atoms with Gasteiger partial charge in [-0.2, -0.15) is 36.4 Å². The number of aromatic nitrogens is 1. The van der Waals surface area contributed by atoms with Gasteiger partial charge in [0.2, 0.25) is 0 Å². The van der Waals surface area contributed by atoms with E-state index < -0.39 is 0 Å². The van der Waals surface area contributed by atoms with E-state index in [0.29, 0.717) is 12.5 Å². The van der Waals surface area contributed by atoms with E-state index in [1.165, 1.54) is 56.5 Å². The van der Waals surface area contributed by atoms with Crippen molar-refractivity contribution in [3.63, 3.8) is 0 Å². The van der Waals surface area contributed by atoms with Crippen LogP contribution in [0.3, 0.4) is 0 Å². The number of carbonyl (C=O) groups excluding carboxylic acids is 2. The van der Waals surface area contributed by atoms with Crippen LogP contribution in [0.15, 0.2) is 222 Å². The van der Waals surface area contributed by atoms with Crippen molar-refractivity contribution < 1.29 is 89.6 Å². The molecule has 10 rings (SSSR count). The molecule has 12 heteroatoms. The summed E-state index contributed by atoms with van der Waals surface area (Å²) in [4.78, 5) is 32.9. The van der Waals surface area contributed by atoms with Gasteiger partial charge in [0.25, 0.3) is 0 Å². The molecule has 3 aliphatic rings. The van der Waals surface area contributed by atoms with Gasteiger partial charge in [-0.15, -0.1) is 114 Å². The van der Waals surface area contributed by atoms with E-state index in [2.05, 4.69) is 101 Å². The van der Waals surface area contributed by atoms with Crippen LogP contribution >= 0.6 is 0 Å². The van der Waals surface area contributed by atoms with Crippen molar-refractivity contribution in [2.24, 2.45) is 9.98 Å². The molecule has 1 aliphatic carbocycles. The SMILES string of the molecule is CC(=O)C=C(C)O.CC(=O)C=C(C)O.Cc1cc(-c2[c-]cccc2)[c-]cc1-c1ccccc1.[Ir+3].[Ir].[Ir].[c-]1ccccc1-c1ccccn1.[c-]1ccccc1C1=NC2C=CC=CC2O1.[c-]1ccccc1C1=NCCO1. The Bertz CT molecular complexity index is 2840. The summed E-state index contributed by atoms with van der Waals surface area (Å²) in [6.45, 7) is 9.32. The summed E-state index contributed by atoms with van der Waals surface area (Å²) in [6, 6.07) is 67.8. The van der Waals surface area contributed by atoms with Crippen molar-refractivity contribution in [2.75, 3.05) is 13.2 Å². The van der Waals surface area contributed by atoms with Gasteiger partial charge in [0.1, 0.15) is 23.9 Å². The number of pyridine rings is 1. The Morgan fingerprint density at radius 1 is 0.608 bits per heavy atom. The Morgan fingerprint density at radius 2 is 1.12 bits per heavy atom. The Balaban J connectivity index is 0.000000312. The van der Waals surface area contributed by atoms with Crippen LogP contribution in [-0.2, 0) is 79.4 Å². The number of aliphatic imine (C=N–C) groups is 2. The number of hydrogen-bond acceptors (Lipinski definition) is 9. The van der Waals surface area contributed by atoms with Crippen molar-refractivity contribution in [3.05, 3.63) is 259 Å². The average molecular weight is 1520 g/mol. The third-order valence-electron chi connectivity index (χ3n) is 9.75. The molecular formula is C62H56Ir3N3O6-2. The number of benzene rings is 6. The number of ether oxygens (including phenoxy) is 2. The second kappa shape index (κ2) is 35.4. The summed E-state index contributed by atoms with van der Waals surface area (Å²) in [7, 11) is 0. The number of allylic oxidation sites excluding steroid dienone is 6. The molecule has 384 valence electrons. The molecule has 0 amide bonds. The van der Waals surface area contributed by atoms with Crippen LogP contribution in [0.25, 0.3) is 33.5 Å². The third kappa shape index (κ3) is 23.0. The van der Waals surface area contributed by atoms with E-state index in [4.69, 9.17) is 19.7 Å². The molecule has 0 fully saturated rings. The minimum absolute atomic E-state index is 0. The molecule has 0 saturated heterocycles. The first-order chi connectivity index (χ1) is 34.5. The summed E-state index contributed by atoms with van der Waals surface area (Å²) < 4.78 is 11.0. The first-order valence-corrected chi connectivity index (χ1v) is 22.9. The molecule has 2 radical (unpaired) electrons. The molecule has 1 aromatic heterocycles. The maximum atomic E-state index is 10.0. The molecule has 3 heterocycles. The quantitative estimate of drug-likeness (QED) is 0.0923. The Labute approximate surface area is 476 Å². The maximum Gasteiger partial charge on any atom is 3.00 e. The van der Waals surface area contributed by atoms with E-state index in [1.54, 1.807) is 6.20 Å². The van der Waals surface area contributed by atoms with E-state index in [-0.39, 0.29) is 95.5 Å². The van der Waals surface area contributed by atoms with E-state index in [1.807, 2.05) is 133 Å². The average Bonchev–Trinajstić information content (AvgIpc) is 4.10. The Kier molecular flexibility index (Phi) is 30.3. The van der Waals surface area contributed by atoms with Crippen molar-refractivity contribution in [2.45, 2.75) is 46.8 Å². The minimum Gasteiger partial charge on any atom is -0.518 e. The zero-order valence-electron chi connectivity index (χ0n) is 41.5. The molecule has 7 aromatic rings. The second-order valence-electron chi connectivity index (χ2n) is 15.7. The maximum absolute atomic E-state index is 10.0. The van der Waals surface area contributed by atoms with Gasteiger partial charge in [-0.3, -0.25) is 19.6 Å². The first-order valence-electron chi connectivity index (χ1n) is 22.9. The fourth-order valence-electron chi connectivity index (χ4n) is 6.69. The fourth-order valence-corrected chi connectivity index (χ4v) is 6.69. The van der Waals surface area contributed by atoms with Gasteiger partial charge < -0.3 is 24.7 Å². The summed E-state index contributed by atoms with van der Waals surface area (Å²) in [5.41, 5.74) is 9.80. The summed E-state index contributed by atoms with van der Waals surface area (Å²) >= 11 is 0. The molecule has 0 saturated carbocycles. The van der Waals surface area contributed by atoms with Gasteiger partial charge in [0.15, 0.2) is 11.6 Å². The zero-order chi connectivity index (χ0) is 50.6. The smallest absolute Gasteiger partial charge is 0.518 e. The summed E-state index contributed by atoms with van der Waals surface area (Å²) in [5.74, 6) is 1.30. The van der Waals surface area contributed by atoms with Crippen LogP contribution in [0, 0.1) is 37.3 Å². The monoisotopic (exact) mass is 1520 g/mol. The normalized spacial score (nSPS) is 14.2. The van der Waals surface area contributed by atoms with E-state index in [9.17, 15) is 9.59 Å². The van der Waals surface area contributed by atoms with Crippen LogP contribution < -0.4 is 0 Å².